The number of hydrogen-bond acceptors (Lipinski definition) is 6. The second-order valence-electron chi connectivity index (χ2n) is 6.27. The highest BCUT2D eigenvalue weighted by atomic mass is 32.2. The van der Waals surface area contributed by atoms with Gasteiger partial charge in [-0.2, -0.15) is 0 Å². The first kappa shape index (κ1) is 17.4. The van der Waals surface area contributed by atoms with Crippen molar-refractivity contribution in [2.75, 3.05) is 0 Å². The second-order valence-corrected chi connectivity index (χ2v) is 8.96. The Hall–Kier alpha value is -2.05. The van der Waals surface area contributed by atoms with Crippen molar-refractivity contribution in [1.82, 2.24) is 24.3 Å². The topological polar surface area (TPSA) is 89.2 Å². The minimum atomic E-state index is -3.95. The van der Waals surface area contributed by atoms with Crippen LogP contribution in [0.4, 0.5) is 13.2 Å². The van der Waals surface area contributed by atoms with Gasteiger partial charge in [0.15, 0.2) is 15.8 Å². The number of pyridine rings is 1. The van der Waals surface area contributed by atoms with E-state index in [4.69, 9.17) is 0 Å². The Kier molecular flexibility index (Phi) is 3.82. The van der Waals surface area contributed by atoms with Gasteiger partial charge in [-0.05, 0) is 25.8 Å². The fraction of sp³-hybridized carbons (Fsp3) is 0.357. The number of halogens is 3. The van der Waals surface area contributed by atoms with E-state index in [-0.39, 0.29) is 21.2 Å². The summed E-state index contributed by atoms with van der Waals surface area (Å²) in [7, 11) is -3.95. The maximum absolute atomic E-state index is 14.4. The van der Waals surface area contributed by atoms with Gasteiger partial charge in [0, 0.05) is 11.7 Å². The summed E-state index contributed by atoms with van der Waals surface area (Å²) < 4.78 is 68.5. The average molecular weight is 403 g/mol. The lowest BCUT2D eigenvalue weighted by atomic mass is 10.4. The Morgan fingerprint density at radius 1 is 1.35 bits per heavy atom. The molecule has 0 saturated heterocycles. The summed E-state index contributed by atoms with van der Waals surface area (Å²) in [6.45, 7) is 1.76. The van der Waals surface area contributed by atoms with Crippen molar-refractivity contribution in [3.8, 4) is 10.8 Å². The summed E-state index contributed by atoms with van der Waals surface area (Å²) in [5.74, 6) is -0.760. The SMILES string of the molecule is CC1(NS(=O)(=O)c2cc(F)c3cnc(-c4nnc(C(F)F)s4)n3c2)CC1. The van der Waals surface area contributed by atoms with E-state index in [1.165, 1.54) is 16.8 Å². The molecule has 0 aliphatic heterocycles. The summed E-state index contributed by atoms with van der Waals surface area (Å²) in [5.41, 5.74) is -0.515. The maximum Gasteiger partial charge on any atom is 0.291 e. The third-order valence-corrected chi connectivity index (χ3v) is 6.61. The molecule has 0 radical (unpaired) electrons. The molecule has 3 aromatic heterocycles. The fourth-order valence-corrected chi connectivity index (χ4v) is 4.59. The highest BCUT2D eigenvalue weighted by Crippen LogP contribution is 2.36. The number of hydrogen-bond donors (Lipinski definition) is 1. The summed E-state index contributed by atoms with van der Waals surface area (Å²) in [5, 5.41) is 6.55. The zero-order valence-electron chi connectivity index (χ0n) is 13.3. The second kappa shape index (κ2) is 5.72. The van der Waals surface area contributed by atoms with Gasteiger partial charge in [0.1, 0.15) is 16.2 Å². The normalized spacial score (nSPS) is 16.5. The van der Waals surface area contributed by atoms with Crippen LogP contribution in [0.1, 0.15) is 31.2 Å². The molecule has 7 nitrogen and oxygen atoms in total. The predicted octanol–water partition coefficient (Wildman–Crippen LogP) is 2.76. The van der Waals surface area contributed by atoms with E-state index >= 15 is 0 Å². The number of nitrogens with one attached hydrogen (secondary N) is 1. The van der Waals surface area contributed by atoms with Gasteiger partial charge in [0.2, 0.25) is 10.0 Å². The number of sulfonamides is 1. The van der Waals surface area contributed by atoms with Crippen LogP contribution in [0.5, 0.6) is 0 Å². The number of aromatic nitrogens is 4. The van der Waals surface area contributed by atoms with Crippen molar-refractivity contribution in [2.45, 2.75) is 36.6 Å². The van der Waals surface area contributed by atoms with Crippen molar-refractivity contribution in [3.05, 3.63) is 29.3 Å². The zero-order chi connectivity index (χ0) is 18.7. The summed E-state index contributed by atoms with van der Waals surface area (Å²) in [4.78, 5) is 3.70. The minimum absolute atomic E-state index is 0.00498. The van der Waals surface area contributed by atoms with Crippen molar-refractivity contribution >= 4 is 26.9 Å². The molecular weight excluding hydrogens is 391 g/mol. The van der Waals surface area contributed by atoms with Crippen LogP contribution < -0.4 is 4.72 Å². The van der Waals surface area contributed by atoms with E-state index in [0.717, 1.165) is 6.07 Å². The van der Waals surface area contributed by atoms with Crippen molar-refractivity contribution in [3.63, 3.8) is 0 Å². The smallest absolute Gasteiger partial charge is 0.291 e. The molecule has 0 unspecified atom stereocenters. The Labute approximate surface area is 150 Å². The lowest BCUT2D eigenvalue weighted by Crippen LogP contribution is -2.34. The van der Waals surface area contributed by atoms with Crippen LogP contribution in [0.3, 0.4) is 0 Å². The molecule has 26 heavy (non-hydrogen) atoms. The molecule has 1 aliphatic rings. The van der Waals surface area contributed by atoms with Crippen LogP contribution in [-0.4, -0.2) is 33.5 Å². The van der Waals surface area contributed by atoms with Gasteiger partial charge in [-0.25, -0.2) is 31.3 Å². The first-order chi connectivity index (χ1) is 12.2. The largest absolute Gasteiger partial charge is 0.294 e. The van der Waals surface area contributed by atoms with Crippen molar-refractivity contribution in [1.29, 1.82) is 0 Å². The molecule has 1 N–H and O–H groups in total. The number of imidazole rings is 1. The quantitative estimate of drug-likeness (QED) is 0.708. The molecule has 1 saturated carbocycles. The molecule has 0 bridgehead atoms. The van der Waals surface area contributed by atoms with Gasteiger partial charge in [0.05, 0.1) is 6.20 Å². The number of rotatable bonds is 5. The first-order valence-electron chi connectivity index (χ1n) is 7.51. The Morgan fingerprint density at radius 2 is 2.08 bits per heavy atom. The van der Waals surface area contributed by atoms with E-state index in [9.17, 15) is 21.6 Å². The standard InChI is InChI=1S/C14H12F3N5O2S2/c1-14(2-3-14)21-26(23,24)7-4-8(15)9-5-18-11(22(9)6-7)13-20-19-12(25-13)10(16)17/h4-6,10,21H,2-3H2,1H3. The molecule has 4 rings (SSSR count). The van der Waals surface area contributed by atoms with E-state index in [2.05, 4.69) is 19.9 Å². The van der Waals surface area contributed by atoms with E-state index < -0.39 is 32.8 Å². The molecule has 0 spiro atoms. The third kappa shape index (κ3) is 2.97. The Morgan fingerprint density at radius 3 is 2.69 bits per heavy atom. The highest BCUT2D eigenvalue weighted by Gasteiger charge is 2.41. The summed E-state index contributed by atoms with van der Waals surface area (Å²) in [6.07, 6.45) is 0.991. The van der Waals surface area contributed by atoms with Crippen LogP contribution in [0.2, 0.25) is 0 Å². The molecule has 1 aliphatic carbocycles. The Balaban J connectivity index is 1.82. The maximum atomic E-state index is 14.4. The molecule has 3 aromatic rings. The average Bonchev–Trinajstić information content (AvgIpc) is 3.00. The fourth-order valence-electron chi connectivity index (χ4n) is 2.42. The van der Waals surface area contributed by atoms with E-state index in [0.29, 0.717) is 24.2 Å². The van der Waals surface area contributed by atoms with Gasteiger partial charge in [-0.15, -0.1) is 10.2 Å². The molecule has 0 aromatic carbocycles. The molecule has 12 heteroatoms. The summed E-state index contributed by atoms with van der Waals surface area (Å²) in [6, 6.07) is 0.902. The molecule has 138 valence electrons. The van der Waals surface area contributed by atoms with Gasteiger partial charge in [-0.3, -0.25) is 4.40 Å². The third-order valence-electron chi connectivity index (χ3n) is 4.08. The number of fused-ring (bicyclic) bond motifs is 1. The van der Waals surface area contributed by atoms with Crippen molar-refractivity contribution in [2.24, 2.45) is 0 Å². The van der Waals surface area contributed by atoms with E-state index in [1.54, 1.807) is 6.92 Å². The Bertz CT molecular complexity index is 1110. The minimum Gasteiger partial charge on any atom is -0.294 e. The number of nitrogens with zero attached hydrogens (tertiary/aromatic N) is 4. The molecule has 0 amide bonds. The monoisotopic (exact) mass is 403 g/mol. The van der Waals surface area contributed by atoms with Crippen LogP contribution >= 0.6 is 11.3 Å². The van der Waals surface area contributed by atoms with Crippen LogP contribution in [0.15, 0.2) is 23.4 Å². The lowest BCUT2D eigenvalue weighted by molar-refractivity contribution is 0.150. The molecule has 0 atom stereocenters. The molecule has 3 heterocycles. The lowest BCUT2D eigenvalue weighted by Gasteiger charge is -2.13. The van der Waals surface area contributed by atoms with Gasteiger partial charge < -0.3 is 0 Å². The molecular formula is C14H12F3N5O2S2. The van der Waals surface area contributed by atoms with Gasteiger partial charge >= 0.3 is 0 Å². The highest BCUT2D eigenvalue weighted by molar-refractivity contribution is 7.89. The van der Waals surface area contributed by atoms with Crippen LogP contribution in [0.25, 0.3) is 16.3 Å². The number of alkyl halides is 2. The zero-order valence-corrected chi connectivity index (χ0v) is 14.9. The predicted molar refractivity (Wildman–Crippen MR) is 87.0 cm³/mol. The first-order valence-corrected chi connectivity index (χ1v) is 9.81. The molecule has 1 fully saturated rings. The van der Waals surface area contributed by atoms with Crippen LogP contribution in [0, 0.1) is 5.82 Å². The van der Waals surface area contributed by atoms with Gasteiger partial charge in [-0.1, -0.05) is 11.3 Å². The summed E-state index contributed by atoms with van der Waals surface area (Å²) >= 11 is 0.610. The van der Waals surface area contributed by atoms with Gasteiger partial charge in [0.25, 0.3) is 6.43 Å². The van der Waals surface area contributed by atoms with Crippen molar-refractivity contribution < 1.29 is 21.6 Å². The van der Waals surface area contributed by atoms with Crippen LogP contribution in [-0.2, 0) is 10.0 Å². The van der Waals surface area contributed by atoms with E-state index in [1.807, 2.05) is 0 Å².